The molecule has 0 aliphatic carbocycles. The summed E-state index contributed by atoms with van der Waals surface area (Å²) in [6.07, 6.45) is 4.88. The monoisotopic (exact) mass is 541 g/mol. The van der Waals surface area contributed by atoms with Gasteiger partial charge in [0.2, 0.25) is 11.8 Å². The van der Waals surface area contributed by atoms with E-state index in [0.717, 1.165) is 6.54 Å². The first-order valence-electron chi connectivity index (χ1n) is 12.4. The van der Waals surface area contributed by atoms with Gasteiger partial charge in [0.1, 0.15) is 17.3 Å². The zero-order chi connectivity index (χ0) is 28.4. The number of nitrogens with one attached hydrogen (secondary N) is 2. The number of carboxylic acid groups (broad SMARTS) is 1. The highest BCUT2D eigenvalue weighted by Gasteiger charge is 2.20. The van der Waals surface area contributed by atoms with Crippen LogP contribution in [-0.2, 0) is 0 Å². The average Bonchev–Trinajstić information content (AvgIpc) is 2.90. The summed E-state index contributed by atoms with van der Waals surface area (Å²) in [7, 11) is 0. The van der Waals surface area contributed by atoms with Gasteiger partial charge in [0, 0.05) is 57.6 Å². The first-order valence-corrected chi connectivity index (χ1v) is 12.4. The first kappa shape index (κ1) is 28.8. The van der Waals surface area contributed by atoms with Crippen LogP contribution in [-0.4, -0.2) is 90.2 Å². The third-order valence-corrected chi connectivity index (χ3v) is 6.09. The molecule has 14 heteroatoms. The van der Waals surface area contributed by atoms with Crippen molar-refractivity contribution in [3.8, 4) is 5.75 Å². The lowest BCUT2D eigenvalue weighted by Gasteiger charge is -2.33. The number of primary amides is 2. The number of rotatable bonds is 13. The summed E-state index contributed by atoms with van der Waals surface area (Å²) in [5, 5.41) is 15.3. The van der Waals surface area contributed by atoms with Crippen LogP contribution in [0.3, 0.4) is 0 Å². The number of nitrogen functional groups attached to an aromatic ring is 2. The van der Waals surface area contributed by atoms with Gasteiger partial charge in [-0.1, -0.05) is 12.2 Å². The average molecular weight is 542 g/mol. The second-order valence-corrected chi connectivity index (χ2v) is 8.88. The summed E-state index contributed by atoms with van der Waals surface area (Å²) in [5.74, 6) is -0.368. The molecule has 210 valence electrons. The van der Waals surface area contributed by atoms with E-state index < -0.39 is 17.9 Å². The molecule has 0 unspecified atom stereocenters. The van der Waals surface area contributed by atoms with Gasteiger partial charge in [0.05, 0.1) is 23.5 Å². The predicted molar refractivity (Wildman–Crippen MR) is 149 cm³/mol. The lowest BCUT2D eigenvalue weighted by atomic mass is 10.1. The van der Waals surface area contributed by atoms with E-state index >= 15 is 0 Å². The molecular formula is C25H35N9O5. The van der Waals surface area contributed by atoms with Gasteiger partial charge in [-0.3, -0.25) is 14.5 Å². The number of aromatic nitrogens is 1. The molecule has 1 fully saturated rings. The Morgan fingerprint density at radius 2 is 1.59 bits per heavy atom. The van der Waals surface area contributed by atoms with Crippen molar-refractivity contribution in [2.75, 3.05) is 74.5 Å². The quantitative estimate of drug-likeness (QED) is 0.105. The molecule has 2 aromatic rings. The molecule has 0 bridgehead atoms. The summed E-state index contributed by atoms with van der Waals surface area (Å²) in [6, 6.07) is 4.51. The number of pyridine rings is 1. The number of nitrogens with zero attached hydrogens (tertiary/aromatic N) is 3. The van der Waals surface area contributed by atoms with Crippen LogP contribution >= 0.6 is 0 Å². The number of nitrogens with two attached hydrogens (primary N) is 4. The maximum Gasteiger partial charge on any atom is 0.407 e. The molecule has 0 radical (unpaired) electrons. The van der Waals surface area contributed by atoms with Gasteiger partial charge >= 0.3 is 6.09 Å². The Bertz CT molecular complexity index is 1210. The molecular weight excluding hydrogens is 506 g/mol. The Hall–Kier alpha value is -4.72. The van der Waals surface area contributed by atoms with Crippen molar-refractivity contribution in [2.24, 2.45) is 11.5 Å². The molecule has 0 saturated carbocycles. The normalized spacial score (nSPS) is 13.8. The highest BCUT2D eigenvalue weighted by Crippen LogP contribution is 2.32. The molecule has 0 atom stereocenters. The zero-order valence-electron chi connectivity index (χ0n) is 21.6. The van der Waals surface area contributed by atoms with E-state index in [1.54, 1.807) is 6.07 Å². The van der Waals surface area contributed by atoms with Crippen LogP contribution in [0.25, 0.3) is 0 Å². The van der Waals surface area contributed by atoms with Crippen molar-refractivity contribution in [2.45, 2.75) is 6.42 Å². The largest absolute Gasteiger partial charge is 0.491 e. The van der Waals surface area contributed by atoms with E-state index in [-0.39, 0.29) is 11.1 Å². The molecule has 11 N–H and O–H groups in total. The van der Waals surface area contributed by atoms with E-state index in [0.29, 0.717) is 80.9 Å². The van der Waals surface area contributed by atoms with Gasteiger partial charge in [0.15, 0.2) is 0 Å². The van der Waals surface area contributed by atoms with E-state index in [9.17, 15) is 14.4 Å². The Morgan fingerprint density at radius 1 is 0.949 bits per heavy atom. The second-order valence-electron chi connectivity index (χ2n) is 8.88. The Morgan fingerprint density at radius 3 is 2.21 bits per heavy atom. The number of piperazine rings is 1. The SMILES string of the molecule is NC(=O)c1cnc(NCC=CCNc2c(N)cc(C(N)=O)cc2OCCCN2CCN(C(=O)O)CC2)c(N)c1. The maximum absolute atomic E-state index is 11.7. The number of benzene rings is 1. The summed E-state index contributed by atoms with van der Waals surface area (Å²) in [5.41, 5.74) is 24.4. The van der Waals surface area contributed by atoms with Gasteiger partial charge in [0.25, 0.3) is 0 Å². The van der Waals surface area contributed by atoms with Crippen molar-refractivity contribution in [3.63, 3.8) is 0 Å². The molecule has 39 heavy (non-hydrogen) atoms. The van der Waals surface area contributed by atoms with E-state index in [4.69, 9.17) is 32.8 Å². The van der Waals surface area contributed by atoms with Gasteiger partial charge in [-0.15, -0.1) is 0 Å². The summed E-state index contributed by atoms with van der Waals surface area (Å²) in [4.78, 5) is 41.7. The minimum Gasteiger partial charge on any atom is -0.491 e. The molecule has 2 heterocycles. The van der Waals surface area contributed by atoms with Crippen LogP contribution < -0.4 is 38.3 Å². The van der Waals surface area contributed by atoms with Crippen molar-refractivity contribution in [1.82, 2.24) is 14.8 Å². The number of amides is 3. The Balaban J connectivity index is 1.51. The van der Waals surface area contributed by atoms with Gasteiger partial charge in [-0.2, -0.15) is 0 Å². The van der Waals surface area contributed by atoms with Crippen molar-refractivity contribution < 1.29 is 24.2 Å². The molecule has 0 spiro atoms. The highest BCUT2D eigenvalue weighted by atomic mass is 16.5. The summed E-state index contributed by atoms with van der Waals surface area (Å²) in [6.45, 7) is 4.27. The van der Waals surface area contributed by atoms with Gasteiger partial charge in [-0.25, -0.2) is 9.78 Å². The lowest BCUT2D eigenvalue weighted by Crippen LogP contribution is -2.48. The fraction of sp³-hybridized carbons (Fsp3) is 0.360. The summed E-state index contributed by atoms with van der Waals surface area (Å²) >= 11 is 0. The minimum atomic E-state index is -0.894. The van der Waals surface area contributed by atoms with Crippen LogP contribution in [0.1, 0.15) is 27.1 Å². The van der Waals surface area contributed by atoms with Crippen LogP contribution in [0.4, 0.5) is 27.7 Å². The molecule has 14 nitrogen and oxygen atoms in total. The number of carbonyl (C=O) groups excluding carboxylic acids is 2. The second kappa shape index (κ2) is 13.7. The first-order chi connectivity index (χ1) is 18.7. The molecule has 3 rings (SSSR count). The number of ether oxygens (including phenoxy) is 1. The van der Waals surface area contributed by atoms with Crippen LogP contribution in [0, 0.1) is 0 Å². The van der Waals surface area contributed by atoms with E-state index in [1.807, 2.05) is 12.2 Å². The van der Waals surface area contributed by atoms with Crippen molar-refractivity contribution in [1.29, 1.82) is 0 Å². The molecule has 1 aromatic carbocycles. The zero-order valence-corrected chi connectivity index (χ0v) is 21.6. The van der Waals surface area contributed by atoms with Crippen molar-refractivity contribution >= 4 is 40.8 Å². The minimum absolute atomic E-state index is 0.231. The smallest absolute Gasteiger partial charge is 0.407 e. The number of hydrogen-bond donors (Lipinski definition) is 7. The van der Waals surface area contributed by atoms with Crippen LogP contribution in [0.5, 0.6) is 5.75 Å². The number of carbonyl (C=O) groups is 3. The van der Waals surface area contributed by atoms with Crippen LogP contribution in [0.15, 0.2) is 36.5 Å². The lowest BCUT2D eigenvalue weighted by molar-refractivity contribution is 0.0991. The highest BCUT2D eigenvalue weighted by molar-refractivity contribution is 5.96. The topological polar surface area (TPSA) is 228 Å². The molecule has 1 aliphatic heterocycles. The molecule has 1 aliphatic rings. The third kappa shape index (κ3) is 8.39. The standard InChI is InChI=1S/C25H35N9O5/c26-18-12-16(22(28)35)14-20(39-11-3-6-33-7-9-34(10-8-33)25(37)38)21(18)30-4-1-2-5-31-24-19(27)13-17(15-32-24)23(29)36/h1-2,12-15,30H,3-11,26-27H2,(H2,28,35)(H2,29,36)(H,31,32)(H,37,38). The molecule has 1 saturated heterocycles. The van der Waals surface area contributed by atoms with Crippen LogP contribution in [0.2, 0.25) is 0 Å². The molecule has 1 aromatic heterocycles. The Labute approximate surface area is 225 Å². The van der Waals surface area contributed by atoms with E-state index in [1.165, 1.54) is 23.2 Å². The fourth-order valence-corrected chi connectivity index (χ4v) is 3.96. The third-order valence-electron chi connectivity index (χ3n) is 6.09. The van der Waals surface area contributed by atoms with Gasteiger partial charge in [-0.05, 0) is 24.6 Å². The number of anilines is 4. The fourth-order valence-electron chi connectivity index (χ4n) is 3.96. The Kier molecular flexibility index (Phi) is 10.1. The van der Waals surface area contributed by atoms with Crippen molar-refractivity contribution in [3.05, 3.63) is 47.7 Å². The van der Waals surface area contributed by atoms with Gasteiger partial charge < -0.3 is 48.3 Å². The number of hydrogen-bond acceptors (Lipinski definition) is 10. The molecule has 3 amide bonds. The van der Waals surface area contributed by atoms with E-state index in [2.05, 4.69) is 20.5 Å². The predicted octanol–water partition coefficient (Wildman–Crippen LogP) is 0.589. The maximum atomic E-state index is 11.7. The summed E-state index contributed by atoms with van der Waals surface area (Å²) < 4.78 is 5.96.